The number of imide groups is 1. The highest BCUT2D eigenvalue weighted by Gasteiger charge is 2.14. The zero-order chi connectivity index (χ0) is 16.0. The van der Waals surface area contributed by atoms with Gasteiger partial charge in [-0.25, -0.2) is 9.98 Å². The number of aliphatic hydroxyl groups is 1. The average molecular weight is 310 g/mol. The van der Waals surface area contributed by atoms with Crippen LogP contribution in [-0.4, -0.2) is 34.0 Å². The Hall–Kier alpha value is -2.21. The van der Waals surface area contributed by atoms with Crippen molar-refractivity contribution in [2.45, 2.75) is 20.8 Å². The molecule has 1 heterocycles. The van der Waals surface area contributed by atoms with Gasteiger partial charge in [-0.15, -0.1) is 11.6 Å². The fraction of sp³-hybridized carbons (Fsp3) is 0.286. The van der Waals surface area contributed by atoms with E-state index in [4.69, 9.17) is 11.6 Å². The Labute approximate surface area is 127 Å². The fourth-order valence-corrected chi connectivity index (χ4v) is 1.63. The molecular formula is C14H16ClN3O3. The van der Waals surface area contributed by atoms with E-state index < -0.39 is 11.8 Å². The molecule has 0 saturated heterocycles. The number of aryl methyl sites for hydroxylation is 2. The molecule has 112 valence electrons. The third-order valence-electron chi connectivity index (χ3n) is 2.42. The number of carbonyl (C=O) groups excluding carboxylic acids is 2. The first kappa shape index (κ1) is 16.8. The van der Waals surface area contributed by atoms with Crippen molar-refractivity contribution in [1.29, 1.82) is 0 Å². The quantitative estimate of drug-likeness (QED) is 0.386. The Kier molecular flexibility index (Phi) is 6.05. The molecular weight excluding hydrogens is 294 g/mol. The second-order valence-corrected chi connectivity index (χ2v) is 4.68. The van der Waals surface area contributed by atoms with Crippen LogP contribution in [0, 0.1) is 13.8 Å². The van der Waals surface area contributed by atoms with E-state index in [-0.39, 0.29) is 17.2 Å². The summed E-state index contributed by atoms with van der Waals surface area (Å²) in [5, 5.41) is 11.5. The topological polar surface area (TPSA) is 91.7 Å². The molecule has 0 aliphatic heterocycles. The maximum Gasteiger partial charge on any atom is 0.262 e. The molecule has 0 aliphatic rings. The predicted molar refractivity (Wildman–Crippen MR) is 81.1 cm³/mol. The van der Waals surface area contributed by atoms with Crippen molar-refractivity contribution < 1.29 is 14.7 Å². The largest absolute Gasteiger partial charge is 0.512 e. The summed E-state index contributed by atoms with van der Waals surface area (Å²) in [6.07, 6.45) is 1.16. The van der Waals surface area contributed by atoms with Gasteiger partial charge in [0.25, 0.3) is 5.91 Å². The van der Waals surface area contributed by atoms with E-state index in [9.17, 15) is 14.7 Å². The number of hydrogen-bond donors (Lipinski definition) is 2. The third kappa shape index (κ3) is 5.35. The highest BCUT2D eigenvalue weighted by Crippen LogP contribution is 2.12. The molecule has 2 amide bonds. The summed E-state index contributed by atoms with van der Waals surface area (Å²) >= 11 is 5.30. The van der Waals surface area contributed by atoms with Crippen LogP contribution >= 0.6 is 11.6 Å². The Bertz CT molecular complexity index is 600. The molecule has 0 fully saturated rings. The Morgan fingerprint density at radius 2 is 2.10 bits per heavy atom. The predicted octanol–water partition coefficient (Wildman–Crippen LogP) is 2.11. The van der Waals surface area contributed by atoms with E-state index in [1.165, 1.54) is 6.92 Å². The SMILES string of the molecule is CC(O)=C(C=Nc1cc(C)cc(C)n1)C(=O)NC(=O)CCl. The number of halogens is 1. The molecule has 0 spiro atoms. The average Bonchev–Trinajstić information content (AvgIpc) is 2.37. The van der Waals surface area contributed by atoms with Crippen LogP contribution in [0.1, 0.15) is 18.2 Å². The number of pyridine rings is 1. The summed E-state index contributed by atoms with van der Waals surface area (Å²) < 4.78 is 0. The number of aromatic nitrogens is 1. The molecule has 0 aliphatic carbocycles. The molecule has 0 atom stereocenters. The maximum atomic E-state index is 11.8. The molecule has 1 rings (SSSR count). The number of carbonyl (C=O) groups is 2. The molecule has 1 aromatic heterocycles. The van der Waals surface area contributed by atoms with Gasteiger partial charge in [0.15, 0.2) is 5.82 Å². The molecule has 0 radical (unpaired) electrons. The smallest absolute Gasteiger partial charge is 0.262 e. The molecule has 1 aromatic rings. The van der Waals surface area contributed by atoms with Crippen LogP contribution in [-0.2, 0) is 9.59 Å². The van der Waals surface area contributed by atoms with E-state index in [0.29, 0.717) is 5.82 Å². The number of amides is 2. The van der Waals surface area contributed by atoms with Crippen LogP contribution in [0.4, 0.5) is 5.82 Å². The minimum absolute atomic E-state index is 0.130. The Morgan fingerprint density at radius 3 is 2.62 bits per heavy atom. The molecule has 0 unspecified atom stereocenters. The van der Waals surface area contributed by atoms with Crippen LogP contribution in [0.5, 0.6) is 0 Å². The van der Waals surface area contributed by atoms with E-state index in [0.717, 1.165) is 17.5 Å². The summed E-state index contributed by atoms with van der Waals surface area (Å²) in [4.78, 5) is 31.1. The number of alkyl halides is 1. The van der Waals surface area contributed by atoms with Gasteiger partial charge in [0, 0.05) is 11.9 Å². The molecule has 21 heavy (non-hydrogen) atoms. The number of nitrogens with zero attached hydrogens (tertiary/aromatic N) is 2. The number of allylic oxidation sites excluding steroid dienone is 1. The lowest BCUT2D eigenvalue weighted by molar-refractivity contribution is -0.126. The molecule has 6 nitrogen and oxygen atoms in total. The zero-order valence-corrected chi connectivity index (χ0v) is 12.7. The van der Waals surface area contributed by atoms with Crippen LogP contribution in [0.25, 0.3) is 0 Å². The van der Waals surface area contributed by atoms with Gasteiger partial charge in [-0.05, 0) is 38.5 Å². The lowest BCUT2D eigenvalue weighted by atomic mass is 10.2. The van der Waals surface area contributed by atoms with Crippen molar-refractivity contribution >= 4 is 35.4 Å². The van der Waals surface area contributed by atoms with Gasteiger partial charge in [0.1, 0.15) is 11.6 Å². The Morgan fingerprint density at radius 1 is 1.43 bits per heavy atom. The highest BCUT2D eigenvalue weighted by molar-refractivity contribution is 6.29. The fourth-order valence-electron chi connectivity index (χ4n) is 1.56. The summed E-state index contributed by atoms with van der Waals surface area (Å²) in [5.74, 6) is -1.63. The van der Waals surface area contributed by atoms with Gasteiger partial charge >= 0.3 is 0 Å². The van der Waals surface area contributed by atoms with E-state index >= 15 is 0 Å². The normalized spacial score (nSPS) is 12.2. The van der Waals surface area contributed by atoms with Crippen molar-refractivity contribution in [3.63, 3.8) is 0 Å². The van der Waals surface area contributed by atoms with Crippen molar-refractivity contribution in [1.82, 2.24) is 10.3 Å². The van der Waals surface area contributed by atoms with Gasteiger partial charge in [0.05, 0.1) is 5.57 Å². The first-order valence-electron chi connectivity index (χ1n) is 6.13. The zero-order valence-electron chi connectivity index (χ0n) is 12.0. The van der Waals surface area contributed by atoms with E-state index in [1.807, 2.05) is 25.2 Å². The monoisotopic (exact) mass is 309 g/mol. The lowest BCUT2D eigenvalue weighted by Crippen LogP contribution is -2.33. The molecule has 0 bridgehead atoms. The van der Waals surface area contributed by atoms with Crippen LogP contribution in [0.2, 0.25) is 0 Å². The maximum absolute atomic E-state index is 11.8. The minimum atomic E-state index is -0.770. The van der Waals surface area contributed by atoms with Crippen molar-refractivity contribution in [3.05, 3.63) is 34.7 Å². The first-order valence-corrected chi connectivity index (χ1v) is 6.66. The number of rotatable bonds is 4. The molecule has 0 aromatic carbocycles. The van der Waals surface area contributed by atoms with E-state index in [2.05, 4.69) is 9.98 Å². The van der Waals surface area contributed by atoms with Gasteiger partial charge in [-0.2, -0.15) is 0 Å². The van der Waals surface area contributed by atoms with E-state index in [1.54, 1.807) is 6.07 Å². The van der Waals surface area contributed by atoms with Gasteiger partial charge in [0.2, 0.25) is 5.91 Å². The molecule has 0 saturated carbocycles. The van der Waals surface area contributed by atoms with Gasteiger partial charge in [-0.3, -0.25) is 14.9 Å². The van der Waals surface area contributed by atoms with Crippen LogP contribution in [0.15, 0.2) is 28.5 Å². The summed E-state index contributed by atoms with van der Waals surface area (Å²) in [5.41, 5.74) is 1.63. The number of aliphatic imine (C=N–C) groups is 1. The standard InChI is InChI=1S/C14H16ClN3O3/c1-8-4-9(2)17-12(5-8)16-7-11(10(3)19)14(21)18-13(20)6-15/h4-5,7,19H,6H2,1-3H3,(H,18,20,21). The van der Waals surface area contributed by atoms with Gasteiger partial charge < -0.3 is 5.11 Å². The summed E-state index contributed by atoms with van der Waals surface area (Å²) in [6.45, 7) is 5.04. The van der Waals surface area contributed by atoms with Crippen LogP contribution in [0.3, 0.4) is 0 Å². The third-order valence-corrected chi connectivity index (χ3v) is 2.66. The van der Waals surface area contributed by atoms with Crippen molar-refractivity contribution in [2.75, 3.05) is 5.88 Å². The molecule has 7 heteroatoms. The second-order valence-electron chi connectivity index (χ2n) is 4.41. The minimum Gasteiger partial charge on any atom is -0.512 e. The van der Waals surface area contributed by atoms with Crippen molar-refractivity contribution in [3.8, 4) is 0 Å². The number of aliphatic hydroxyl groups excluding tert-OH is 1. The summed E-state index contributed by atoms with van der Waals surface area (Å²) in [6, 6.07) is 3.62. The highest BCUT2D eigenvalue weighted by atomic mass is 35.5. The Balaban J connectivity index is 2.99. The van der Waals surface area contributed by atoms with Crippen LogP contribution < -0.4 is 5.32 Å². The number of hydrogen-bond acceptors (Lipinski definition) is 5. The van der Waals surface area contributed by atoms with Crippen molar-refractivity contribution in [2.24, 2.45) is 4.99 Å². The number of nitrogens with one attached hydrogen (secondary N) is 1. The lowest BCUT2D eigenvalue weighted by Gasteiger charge is -2.04. The second kappa shape index (κ2) is 7.54. The molecule has 2 N–H and O–H groups in total. The first-order chi connectivity index (χ1) is 9.83. The van der Waals surface area contributed by atoms with Gasteiger partial charge in [-0.1, -0.05) is 0 Å². The summed E-state index contributed by atoms with van der Waals surface area (Å²) in [7, 11) is 0.